The molecular weight excluding hydrogens is 258 g/mol. The maximum Gasteiger partial charge on any atom is 0.189 e. The van der Waals surface area contributed by atoms with Gasteiger partial charge in [-0.25, -0.2) is 0 Å². The number of nitrogens with zero attached hydrogens (tertiary/aromatic N) is 3. The summed E-state index contributed by atoms with van der Waals surface area (Å²) in [5.74, 6) is 0. The molecule has 2 rings (SSSR count). The third kappa shape index (κ3) is 5.14. The van der Waals surface area contributed by atoms with Crippen molar-refractivity contribution in [3.63, 3.8) is 0 Å². The zero-order valence-corrected chi connectivity index (χ0v) is 11.5. The lowest BCUT2D eigenvalue weighted by Crippen LogP contribution is -2.37. The molecule has 0 amide bonds. The van der Waals surface area contributed by atoms with Gasteiger partial charge in [0.05, 0.1) is 11.8 Å². The van der Waals surface area contributed by atoms with E-state index in [1.54, 1.807) is 12.1 Å². The Morgan fingerprint density at radius 3 is 3.00 bits per heavy atom. The molecular formula is C14H21N3O3. The fourth-order valence-electron chi connectivity index (χ4n) is 2.27. The Balaban J connectivity index is 1.66. The first-order chi connectivity index (χ1) is 9.74. The van der Waals surface area contributed by atoms with Crippen molar-refractivity contribution >= 4 is 6.21 Å². The largest absolute Gasteiger partial charge is 0.619 e. The molecule has 1 aromatic heterocycles. The third-order valence-corrected chi connectivity index (χ3v) is 3.26. The van der Waals surface area contributed by atoms with Crippen molar-refractivity contribution < 1.29 is 14.7 Å². The van der Waals surface area contributed by atoms with E-state index in [0.717, 1.165) is 13.1 Å². The molecule has 1 atom stereocenters. The van der Waals surface area contributed by atoms with E-state index >= 15 is 0 Å². The normalized spacial score (nSPS) is 18.2. The predicted molar refractivity (Wildman–Crippen MR) is 75.2 cm³/mol. The van der Waals surface area contributed by atoms with Gasteiger partial charge in [0.25, 0.3) is 0 Å². The molecule has 0 saturated carbocycles. The van der Waals surface area contributed by atoms with Crippen LogP contribution in [0.1, 0.15) is 24.8 Å². The second kappa shape index (κ2) is 7.81. The number of rotatable bonds is 6. The van der Waals surface area contributed by atoms with Crippen molar-refractivity contribution in [1.82, 2.24) is 4.90 Å². The minimum Gasteiger partial charge on any atom is -0.619 e. The molecule has 20 heavy (non-hydrogen) atoms. The Bertz CT molecular complexity index is 433. The van der Waals surface area contributed by atoms with Gasteiger partial charge in [-0.2, -0.15) is 4.73 Å². The standard InChI is InChI=1S/C14H21N3O3/c18-14(11-16-6-2-1-3-7-16)12-20-15-9-13-5-4-8-17(19)10-13/h4-5,8-10,14,18H,1-3,6-7,11-12H2/t14-/m0/s1. The number of pyridine rings is 1. The number of likely N-dealkylation sites (tertiary alicyclic amines) is 1. The SMILES string of the molecule is [O-][n+]1cccc(C=NOC[C@@H](O)CN2CCCCC2)c1. The number of aliphatic hydroxyl groups is 1. The van der Waals surface area contributed by atoms with Crippen LogP contribution in [-0.4, -0.2) is 48.6 Å². The summed E-state index contributed by atoms with van der Waals surface area (Å²) in [7, 11) is 0. The van der Waals surface area contributed by atoms with Gasteiger partial charge in [0.15, 0.2) is 12.4 Å². The van der Waals surface area contributed by atoms with Gasteiger partial charge in [-0.1, -0.05) is 11.6 Å². The number of hydrogen-bond acceptors (Lipinski definition) is 5. The molecule has 110 valence electrons. The van der Waals surface area contributed by atoms with Gasteiger partial charge in [-0.05, 0) is 32.0 Å². The maximum absolute atomic E-state index is 11.0. The first kappa shape index (κ1) is 14.7. The van der Waals surface area contributed by atoms with E-state index < -0.39 is 6.10 Å². The molecule has 1 fully saturated rings. The van der Waals surface area contributed by atoms with Gasteiger partial charge < -0.3 is 20.1 Å². The molecule has 6 nitrogen and oxygen atoms in total. The van der Waals surface area contributed by atoms with Crippen LogP contribution in [0.15, 0.2) is 29.7 Å². The summed E-state index contributed by atoms with van der Waals surface area (Å²) in [6.07, 6.45) is 7.42. The van der Waals surface area contributed by atoms with Crippen molar-refractivity contribution in [3.05, 3.63) is 35.3 Å². The van der Waals surface area contributed by atoms with Crippen LogP contribution in [0.3, 0.4) is 0 Å². The average molecular weight is 279 g/mol. The molecule has 0 unspecified atom stereocenters. The maximum atomic E-state index is 11.0. The summed E-state index contributed by atoms with van der Waals surface area (Å²) < 4.78 is 0.701. The Labute approximate surface area is 118 Å². The van der Waals surface area contributed by atoms with E-state index in [-0.39, 0.29) is 6.61 Å². The van der Waals surface area contributed by atoms with Crippen molar-refractivity contribution in [2.45, 2.75) is 25.4 Å². The van der Waals surface area contributed by atoms with Gasteiger partial charge >= 0.3 is 0 Å². The fourth-order valence-corrected chi connectivity index (χ4v) is 2.27. The topological polar surface area (TPSA) is 72.0 Å². The lowest BCUT2D eigenvalue weighted by atomic mass is 10.1. The van der Waals surface area contributed by atoms with Crippen LogP contribution < -0.4 is 4.73 Å². The highest BCUT2D eigenvalue weighted by Gasteiger charge is 2.14. The highest BCUT2D eigenvalue weighted by molar-refractivity contribution is 5.77. The molecule has 1 N–H and O–H groups in total. The van der Waals surface area contributed by atoms with Crippen LogP contribution in [0.25, 0.3) is 0 Å². The minimum absolute atomic E-state index is 0.164. The third-order valence-electron chi connectivity index (χ3n) is 3.26. The summed E-state index contributed by atoms with van der Waals surface area (Å²) in [4.78, 5) is 7.31. The number of aliphatic hydroxyl groups excluding tert-OH is 1. The predicted octanol–water partition coefficient (Wildman–Crippen LogP) is 0.517. The van der Waals surface area contributed by atoms with Gasteiger partial charge in [0.2, 0.25) is 0 Å². The summed E-state index contributed by atoms with van der Waals surface area (Å²) >= 11 is 0. The number of β-amino-alcohol motifs (C(OH)–C–C–N with tert-alkyl or cyclic N) is 1. The van der Waals surface area contributed by atoms with E-state index in [1.807, 2.05) is 0 Å². The van der Waals surface area contributed by atoms with E-state index in [9.17, 15) is 10.3 Å². The average Bonchev–Trinajstić information content (AvgIpc) is 2.45. The molecule has 1 aliphatic rings. The summed E-state index contributed by atoms with van der Waals surface area (Å²) in [6, 6.07) is 3.39. The second-order valence-electron chi connectivity index (χ2n) is 5.04. The smallest absolute Gasteiger partial charge is 0.189 e. The minimum atomic E-state index is -0.537. The Morgan fingerprint density at radius 1 is 1.45 bits per heavy atom. The van der Waals surface area contributed by atoms with Crippen molar-refractivity contribution in [3.8, 4) is 0 Å². The Hall–Kier alpha value is -1.66. The van der Waals surface area contributed by atoms with Crippen LogP contribution in [0.2, 0.25) is 0 Å². The summed E-state index contributed by atoms with van der Waals surface area (Å²) in [6.45, 7) is 2.89. The molecule has 1 saturated heterocycles. The lowest BCUT2D eigenvalue weighted by molar-refractivity contribution is -0.605. The molecule has 0 aliphatic carbocycles. The molecule has 6 heteroatoms. The Kier molecular flexibility index (Phi) is 5.76. The number of aromatic nitrogens is 1. The number of oxime groups is 1. The van der Waals surface area contributed by atoms with Crippen LogP contribution in [0.4, 0.5) is 0 Å². The zero-order valence-electron chi connectivity index (χ0n) is 11.5. The molecule has 0 aromatic carbocycles. The van der Waals surface area contributed by atoms with Crippen molar-refractivity contribution in [2.24, 2.45) is 5.16 Å². The lowest BCUT2D eigenvalue weighted by Gasteiger charge is -2.27. The second-order valence-corrected chi connectivity index (χ2v) is 5.04. The van der Waals surface area contributed by atoms with Crippen molar-refractivity contribution in [2.75, 3.05) is 26.2 Å². The monoisotopic (exact) mass is 279 g/mol. The molecule has 0 spiro atoms. The van der Waals surface area contributed by atoms with Crippen LogP contribution >= 0.6 is 0 Å². The summed E-state index contributed by atoms with van der Waals surface area (Å²) in [5, 5.41) is 24.6. The highest BCUT2D eigenvalue weighted by atomic mass is 16.6. The number of hydrogen-bond donors (Lipinski definition) is 1. The molecule has 1 aliphatic heterocycles. The molecule has 0 bridgehead atoms. The first-order valence-electron chi connectivity index (χ1n) is 6.98. The molecule has 1 aromatic rings. The quantitative estimate of drug-likeness (QED) is 0.356. The van der Waals surface area contributed by atoms with Gasteiger partial charge in [0, 0.05) is 12.6 Å². The molecule has 2 heterocycles. The van der Waals surface area contributed by atoms with Gasteiger partial charge in [-0.3, -0.25) is 0 Å². The number of piperidine rings is 1. The van der Waals surface area contributed by atoms with E-state index in [4.69, 9.17) is 4.84 Å². The first-order valence-corrected chi connectivity index (χ1v) is 6.98. The zero-order chi connectivity index (χ0) is 14.2. The van der Waals surface area contributed by atoms with E-state index in [2.05, 4.69) is 10.1 Å². The van der Waals surface area contributed by atoms with Crippen molar-refractivity contribution in [1.29, 1.82) is 0 Å². The fraction of sp³-hybridized carbons (Fsp3) is 0.571. The van der Waals surface area contributed by atoms with Crippen LogP contribution in [0.5, 0.6) is 0 Å². The van der Waals surface area contributed by atoms with Crippen LogP contribution in [-0.2, 0) is 4.84 Å². The van der Waals surface area contributed by atoms with Crippen LogP contribution in [0, 0.1) is 5.21 Å². The van der Waals surface area contributed by atoms with Gasteiger partial charge in [-0.15, -0.1) is 0 Å². The van der Waals surface area contributed by atoms with E-state index in [1.165, 1.54) is 37.9 Å². The summed E-state index contributed by atoms with van der Waals surface area (Å²) in [5.41, 5.74) is 0.660. The Morgan fingerprint density at radius 2 is 2.25 bits per heavy atom. The molecule has 0 radical (unpaired) electrons. The highest BCUT2D eigenvalue weighted by Crippen LogP contribution is 2.08. The van der Waals surface area contributed by atoms with E-state index in [0.29, 0.717) is 16.8 Å². The van der Waals surface area contributed by atoms with Gasteiger partial charge in [0.1, 0.15) is 12.7 Å².